The number of nitrogens with one attached hydrogen (secondary N) is 1. The van der Waals surface area contributed by atoms with Crippen LogP contribution in [-0.4, -0.2) is 25.1 Å². The summed E-state index contributed by atoms with van der Waals surface area (Å²) in [6.45, 7) is 0. The molecule has 11 heteroatoms. The van der Waals surface area contributed by atoms with Crippen LogP contribution < -0.4 is 5.32 Å². The molecular formula is C23H15ClF2N2O4S2. The fraction of sp³-hybridized carbons (Fsp3) is 0.0435. The average molecular weight is 521 g/mol. The number of halogens is 3. The molecule has 174 valence electrons. The Labute approximate surface area is 202 Å². The Bertz CT molecular complexity index is 1420. The van der Waals surface area contributed by atoms with Crippen LogP contribution in [0.2, 0.25) is 5.02 Å². The standard InChI is InChI=1S/C23H15ClF2N2O4S2/c24-15-3-11-19(12-4-15)34(30,31)22-23(32-21(28-22)14-1-5-16(25)6-2-14)33-13-20(29)27-18-9-7-17(26)8-10-18/h1-12H,13H2,(H,27,29). The van der Waals surface area contributed by atoms with Gasteiger partial charge in [-0.05, 0) is 72.8 Å². The summed E-state index contributed by atoms with van der Waals surface area (Å²) in [6.07, 6.45) is 0. The van der Waals surface area contributed by atoms with E-state index in [2.05, 4.69) is 10.3 Å². The van der Waals surface area contributed by atoms with E-state index in [4.69, 9.17) is 16.0 Å². The topological polar surface area (TPSA) is 89.3 Å². The van der Waals surface area contributed by atoms with Crippen LogP contribution >= 0.6 is 23.4 Å². The van der Waals surface area contributed by atoms with Gasteiger partial charge in [0, 0.05) is 16.3 Å². The van der Waals surface area contributed by atoms with Crippen LogP contribution in [0.25, 0.3) is 11.5 Å². The molecule has 0 aliphatic rings. The molecule has 0 radical (unpaired) electrons. The SMILES string of the molecule is O=C(CSc1oc(-c2ccc(F)cc2)nc1S(=O)(=O)c1ccc(Cl)cc1)Nc1ccc(F)cc1. The Morgan fingerprint density at radius 2 is 1.53 bits per heavy atom. The van der Waals surface area contributed by atoms with Crippen LogP contribution in [0.5, 0.6) is 0 Å². The normalized spacial score (nSPS) is 11.4. The highest BCUT2D eigenvalue weighted by atomic mass is 35.5. The molecule has 0 saturated carbocycles. The Morgan fingerprint density at radius 1 is 0.941 bits per heavy atom. The molecule has 34 heavy (non-hydrogen) atoms. The molecule has 0 atom stereocenters. The van der Waals surface area contributed by atoms with Crippen molar-refractivity contribution in [2.24, 2.45) is 0 Å². The molecule has 3 aromatic carbocycles. The summed E-state index contributed by atoms with van der Waals surface area (Å²) < 4.78 is 58.6. The van der Waals surface area contributed by atoms with Crippen LogP contribution in [0.1, 0.15) is 0 Å². The third-order valence-corrected chi connectivity index (χ3v) is 7.50. The maximum atomic E-state index is 13.3. The van der Waals surface area contributed by atoms with Crippen LogP contribution in [0.4, 0.5) is 14.5 Å². The Morgan fingerprint density at radius 3 is 2.15 bits per heavy atom. The molecular weight excluding hydrogens is 506 g/mol. The van der Waals surface area contributed by atoms with Crippen molar-refractivity contribution in [2.75, 3.05) is 11.1 Å². The first kappa shape index (κ1) is 23.9. The first-order valence-electron chi connectivity index (χ1n) is 9.68. The Kier molecular flexibility index (Phi) is 7.01. The number of rotatable bonds is 7. The van der Waals surface area contributed by atoms with Crippen molar-refractivity contribution in [1.82, 2.24) is 4.98 Å². The van der Waals surface area contributed by atoms with Gasteiger partial charge < -0.3 is 9.73 Å². The summed E-state index contributed by atoms with van der Waals surface area (Å²) in [5.41, 5.74) is 0.738. The number of amides is 1. The predicted molar refractivity (Wildman–Crippen MR) is 125 cm³/mol. The van der Waals surface area contributed by atoms with Crippen molar-refractivity contribution < 1.29 is 26.4 Å². The van der Waals surface area contributed by atoms with E-state index in [1.807, 2.05) is 0 Å². The van der Waals surface area contributed by atoms with Crippen molar-refractivity contribution in [3.05, 3.63) is 89.5 Å². The van der Waals surface area contributed by atoms with E-state index in [1.165, 1.54) is 72.8 Å². The summed E-state index contributed by atoms with van der Waals surface area (Å²) in [5.74, 6) is -1.64. The zero-order valence-electron chi connectivity index (χ0n) is 17.2. The van der Waals surface area contributed by atoms with Gasteiger partial charge in [0.1, 0.15) is 11.6 Å². The van der Waals surface area contributed by atoms with Gasteiger partial charge in [-0.3, -0.25) is 4.79 Å². The smallest absolute Gasteiger partial charge is 0.234 e. The maximum Gasteiger partial charge on any atom is 0.234 e. The second kappa shape index (κ2) is 9.96. The molecule has 0 aliphatic carbocycles. The number of carbonyl (C=O) groups excluding carboxylic acids is 1. The van der Waals surface area contributed by atoms with E-state index in [1.54, 1.807) is 0 Å². The molecule has 0 fully saturated rings. The van der Waals surface area contributed by atoms with Crippen LogP contribution in [0.15, 0.2) is 92.2 Å². The van der Waals surface area contributed by atoms with Gasteiger partial charge in [-0.15, -0.1) is 0 Å². The van der Waals surface area contributed by atoms with Crippen molar-refractivity contribution in [2.45, 2.75) is 15.0 Å². The largest absolute Gasteiger partial charge is 0.428 e. The lowest BCUT2D eigenvalue weighted by Crippen LogP contribution is -2.14. The minimum atomic E-state index is -4.13. The highest BCUT2D eigenvalue weighted by molar-refractivity contribution is 8.00. The molecule has 0 unspecified atom stereocenters. The summed E-state index contributed by atoms with van der Waals surface area (Å²) in [5, 5.41) is 2.46. The maximum absolute atomic E-state index is 13.3. The van der Waals surface area contributed by atoms with Crippen molar-refractivity contribution in [3.8, 4) is 11.5 Å². The minimum absolute atomic E-state index is 0.0472. The molecule has 0 aliphatic heterocycles. The fourth-order valence-corrected chi connectivity index (χ4v) is 5.31. The van der Waals surface area contributed by atoms with Crippen LogP contribution in [-0.2, 0) is 14.6 Å². The highest BCUT2D eigenvalue weighted by Gasteiger charge is 2.29. The number of aromatic nitrogens is 1. The molecule has 1 heterocycles. The second-order valence-corrected chi connectivity index (χ2v) is 10.2. The van der Waals surface area contributed by atoms with Gasteiger partial charge in [0.25, 0.3) is 0 Å². The van der Waals surface area contributed by atoms with Crippen molar-refractivity contribution in [1.29, 1.82) is 0 Å². The Balaban J connectivity index is 1.64. The van der Waals surface area contributed by atoms with Gasteiger partial charge >= 0.3 is 0 Å². The van der Waals surface area contributed by atoms with E-state index in [0.29, 0.717) is 16.3 Å². The summed E-state index contributed by atoms with van der Waals surface area (Å²) in [7, 11) is -4.13. The summed E-state index contributed by atoms with van der Waals surface area (Å²) in [4.78, 5) is 16.4. The lowest BCUT2D eigenvalue weighted by molar-refractivity contribution is -0.113. The third-order valence-electron chi connectivity index (χ3n) is 4.50. The molecule has 0 saturated heterocycles. The molecule has 1 N–H and O–H groups in total. The minimum Gasteiger partial charge on any atom is -0.428 e. The highest BCUT2D eigenvalue weighted by Crippen LogP contribution is 2.35. The lowest BCUT2D eigenvalue weighted by Gasteiger charge is -2.05. The average Bonchev–Trinajstić information content (AvgIpc) is 3.25. The van der Waals surface area contributed by atoms with Crippen molar-refractivity contribution in [3.63, 3.8) is 0 Å². The predicted octanol–water partition coefficient (Wildman–Crippen LogP) is 5.84. The number of sulfone groups is 1. The third kappa shape index (κ3) is 5.46. The number of anilines is 1. The number of hydrogen-bond acceptors (Lipinski definition) is 6. The molecule has 4 aromatic rings. The zero-order chi connectivity index (χ0) is 24.3. The van der Waals surface area contributed by atoms with E-state index in [-0.39, 0.29) is 26.7 Å². The molecule has 6 nitrogen and oxygen atoms in total. The van der Waals surface area contributed by atoms with E-state index in [9.17, 15) is 22.0 Å². The zero-order valence-corrected chi connectivity index (χ0v) is 19.6. The Hall–Kier alpha value is -3.21. The van der Waals surface area contributed by atoms with E-state index in [0.717, 1.165) is 11.8 Å². The number of hydrogen-bond donors (Lipinski definition) is 1. The monoisotopic (exact) mass is 520 g/mol. The summed E-state index contributed by atoms with van der Waals surface area (Å²) in [6, 6.07) is 15.9. The lowest BCUT2D eigenvalue weighted by atomic mass is 10.2. The fourth-order valence-electron chi connectivity index (χ4n) is 2.86. The molecule has 4 rings (SSSR count). The molecule has 1 aromatic heterocycles. The van der Waals surface area contributed by atoms with E-state index < -0.39 is 27.4 Å². The van der Waals surface area contributed by atoms with Gasteiger partial charge in [0.05, 0.1) is 10.6 Å². The van der Waals surface area contributed by atoms with Gasteiger partial charge in [-0.25, -0.2) is 17.2 Å². The first-order valence-corrected chi connectivity index (χ1v) is 12.5. The van der Waals surface area contributed by atoms with Crippen LogP contribution in [0.3, 0.4) is 0 Å². The van der Waals surface area contributed by atoms with Gasteiger partial charge in [0.2, 0.25) is 31.8 Å². The van der Waals surface area contributed by atoms with Crippen molar-refractivity contribution >= 4 is 44.8 Å². The second-order valence-electron chi connectivity index (χ2n) is 6.92. The molecule has 0 spiro atoms. The number of carbonyl (C=O) groups is 1. The van der Waals surface area contributed by atoms with Crippen LogP contribution in [0, 0.1) is 11.6 Å². The summed E-state index contributed by atoms with van der Waals surface area (Å²) >= 11 is 6.69. The number of oxazole rings is 1. The number of thioether (sulfide) groups is 1. The molecule has 0 bridgehead atoms. The van der Waals surface area contributed by atoms with Gasteiger partial charge in [-0.2, -0.15) is 4.98 Å². The van der Waals surface area contributed by atoms with E-state index >= 15 is 0 Å². The molecule has 1 amide bonds. The quantitative estimate of drug-likeness (QED) is 0.308. The van der Waals surface area contributed by atoms with Gasteiger partial charge in [-0.1, -0.05) is 23.4 Å². The number of benzene rings is 3. The van der Waals surface area contributed by atoms with Gasteiger partial charge in [0.15, 0.2) is 0 Å². The first-order chi connectivity index (χ1) is 16.2. The number of nitrogens with zero attached hydrogens (tertiary/aromatic N) is 1.